The largest absolute Gasteiger partial charge is 0.390 e. The van der Waals surface area contributed by atoms with Crippen molar-refractivity contribution in [2.45, 2.75) is 64.6 Å². The zero-order valence-corrected chi connectivity index (χ0v) is 13.8. The second-order valence-corrected chi connectivity index (χ2v) is 6.03. The van der Waals surface area contributed by atoms with Crippen molar-refractivity contribution in [3.8, 4) is 0 Å². The highest BCUT2D eigenvalue weighted by molar-refractivity contribution is 5.16. The number of nitrogens with zero attached hydrogens (tertiary/aromatic N) is 1. The molecule has 1 rings (SSSR count). The van der Waals surface area contributed by atoms with Gasteiger partial charge in [-0.3, -0.25) is 4.90 Å². The van der Waals surface area contributed by atoms with Crippen molar-refractivity contribution in [3.63, 3.8) is 0 Å². The first-order valence-corrected chi connectivity index (χ1v) is 8.30. The van der Waals surface area contributed by atoms with Gasteiger partial charge in [-0.25, -0.2) is 0 Å². The highest BCUT2D eigenvalue weighted by Gasteiger charge is 2.21. The van der Waals surface area contributed by atoms with Gasteiger partial charge >= 0.3 is 0 Å². The van der Waals surface area contributed by atoms with Crippen LogP contribution >= 0.6 is 0 Å². The molecule has 3 nitrogen and oxygen atoms in total. The first-order chi connectivity index (χ1) is 10.1. The van der Waals surface area contributed by atoms with E-state index in [4.69, 9.17) is 5.73 Å². The van der Waals surface area contributed by atoms with E-state index >= 15 is 0 Å². The molecule has 0 amide bonds. The molecule has 3 unspecified atom stereocenters. The predicted octanol–water partition coefficient (Wildman–Crippen LogP) is 2.82. The summed E-state index contributed by atoms with van der Waals surface area (Å²) in [5, 5.41) is 10.4. The highest BCUT2D eigenvalue weighted by Crippen LogP contribution is 2.10. The lowest BCUT2D eigenvalue weighted by atomic mass is 10.0. The van der Waals surface area contributed by atoms with E-state index in [2.05, 4.69) is 37.8 Å². The SMILES string of the molecule is CCCCN(CC(O)C(N)Cc1ccccc1)C(C)CC. The molecular weight excluding hydrogens is 260 g/mol. The van der Waals surface area contributed by atoms with Gasteiger partial charge in [-0.2, -0.15) is 0 Å². The average Bonchev–Trinajstić information content (AvgIpc) is 2.51. The Bertz CT molecular complexity index is 369. The Morgan fingerprint density at radius 1 is 1.19 bits per heavy atom. The van der Waals surface area contributed by atoms with Crippen molar-refractivity contribution in [2.24, 2.45) is 5.73 Å². The van der Waals surface area contributed by atoms with Crippen molar-refractivity contribution in [1.29, 1.82) is 0 Å². The summed E-state index contributed by atoms with van der Waals surface area (Å²) < 4.78 is 0. The van der Waals surface area contributed by atoms with Crippen LogP contribution in [-0.4, -0.2) is 41.3 Å². The molecule has 0 saturated heterocycles. The van der Waals surface area contributed by atoms with Gasteiger partial charge in [0.2, 0.25) is 0 Å². The van der Waals surface area contributed by atoms with Gasteiger partial charge < -0.3 is 10.8 Å². The third kappa shape index (κ3) is 6.60. The first-order valence-electron chi connectivity index (χ1n) is 8.30. The standard InChI is InChI=1S/C18H32N2O/c1-4-6-12-20(15(3)5-2)14-18(21)17(19)13-16-10-8-7-9-11-16/h7-11,15,17-18,21H,4-6,12-14,19H2,1-3H3. The molecule has 21 heavy (non-hydrogen) atoms. The maximum absolute atomic E-state index is 10.4. The number of nitrogens with two attached hydrogens (primary N) is 1. The van der Waals surface area contributed by atoms with Gasteiger partial charge in [-0.15, -0.1) is 0 Å². The second-order valence-electron chi connectivity index (χ2n) is 6.03. The van der Waals surface area contributed by atoms with E-state index in [9.17, 15) is 5.11 Å². The fourth-order valence-corrected chi connectivity index (χ4v) is 2.51. The molecule has 1 aromatic rings. The number of hydrogen-bond acceptors (Lipinski definition) is 3. The van der Waals surface area contributed by atoms with Gasteiger partial charge in [0, 0.05) is 18.6 Å². The zero-order chi connectivity index (χ0) is 15.7. The van der Waals surface area contributed by atoms with Gasteiger partial charge in [0.1, 0.15) is 0 Å². The number of unbranched alkanes of at least 4 members (excludes halogenated alkanes) is 1. The van der Waals surface area contributed by atoms with Crippen LogP contribution in [0.4, 0.5) is 0 Å². The quantitative estimate of drug-likeness (QED) is 0.697. The monoisotopic (exact) mass is 292 g/mol. The van der Waals surface area contributed by atoms with E-state index in [1.165, 1.54) is 18.4 Å². The maximum Gasteiger partial charge on any atom is 0.0821 e. The van der Waals surface area contributed by atoms with Crippen LogP contribution in [0.1, 0.15) is 45.6 Å². The summed E-state index contributed by atoms with van der Waals surface area (Å²) in [5.41, 5.74) is 7.38. The topological polar surface area (TPSA) is 49.5 Å². The Hall–Kier alpha value is -0.900. The lowest BCUT2D eigenvalue weighted by molar-refractivity contribution is 0.0712. The lowest BCUT2D eigenvalue weighted by Crippen LogP contribution is -2.47. The molecule has 3 N–H and O–H groups in total. The molecule has 0 spiro atoms. The third-order valence-corrected chi connectivity index (χ3v) is 4.24. The van der Waals surface area contributed by atoms with Gasteiger partial charge in [0.25, 0.3) is 0 Å². The van der Waals surface area contributed by atoms with Gasteiger partial charge in [0.15, 0.2) is 0 Å². The Morgan fingerprint density at radius 2 is 1.86 bits per heavy atom. The summed E-state index contributed by atoms with van der Waals surface area (Å²) in [6, 6.07) is 10.4. The molecule has 3 heteroatoms. The van der Waals surface area contributed by atoms with Crippen LogP contribution in [0.25, 0.3) is 0 Å². The molecule has 0 radical (unpaired) electrons. The smallest absolute Gasteiger partial charge is 0.0821 e. The van der Waals surface area contributed by atoms with E-state index in [0.717, 1.165) is 19.4 Å². The molecular formula is C18H32N2O. The molecule has 0 aromatic heterocycles. The van der Waals surface area contributed by atoms with E-state index in [0.29, 0.717) is 12.6 Å². The van der Waals surface area contributed by atoms with Crippen LogP contribution in [0.15, 0.2) is 30.3 Å². The highest BCUT2D eigenvalue weighted by atomic mass is 16.3. The van der Waals surface area contributed by atoms with Crippen LogP contribution in [0.2, 0.25) is 0 Å². The molecule has 0 aliphatic rings. The minimum Gasteiger partial charge on any atom is -0.390 e. The van der Waals surface area contributed by atoms with Gasteiger partial charge in [-0.05, 0) is 38.3 Å². The van der Waals surface area contributed by atoms with Gasteiger partial charge in [0.05, 0.1) is 6.10 Å². The molecule has 0 saturated carbocycles. The summed E-state index contributed by atoms with van der Waals surface area (Å²) >= 11 is 0. The molecule has 0 fully saturated rings. The lowest BCUT2D eigenvalue weighted by Gasteiger charge is -2.32. The van der Waals surface area contributed by atoms with Crippen LogP contribution in [-0.2, 0) is 6.42 Å². The molecule has 1 aromatic carbocycles. The van der Waals surface area contributed by atoms with Crippen LogP contribution in [0, 0.1) is 0 Å². The maximum atomic E-state index is 10.4. The number of hydrogen-bond donors (Lipinski definition) is 2. The average molecular weight is 292 g/mol. The summed E-state index contributed by atoms with van der Waals surface area (Å²) in [7, 11) is 0. The first kappa shape index (κ1) is 18.1. The molecule has 3 atom stereocenters. The number of aliphatic hydroxyl groups excluding tert-OH is 1. The predicted molar refractivity (Wildman–Crippen MR) is 90.4 cm³/mol. The van der Waals surface area contributed by atoms with E-state index in [1.807, 2.05) is 18.2 Å². The Balaban J connectivity index is 2.52. The van der Waals surface area contributed by atoms with E-state index in [1.54, 1.807) is 0 Å². The Labute approximate surface area is 130 Å². The van der Waals surface area contributed by atoms with E-state index < -0.39 is 6.10 Å². The molecule has 0 aliphatic carbocycles. The minimum atomic E-state index is -0.476. The van der Waals surface area contributed by atoms with Crippen LogP contribution < -0.4 is 5.73 Å². The van der Waals surface area contributed by atoms with Crippen LogP contribution in [0.5, 0.6) is 0 Å². The van der Waals surface area contributed by atoms with Crippen molar-refractivity contribution in [2.75, 3.05) is 13.1 Å². The van der Waals surface area contributed by atoms with E-state index in [-0.39, 0.29) is 6.04 Å². The second kappa shape index (κ2) is 9.93. The molecule has 0 heterocycles. The normalized spacial score (nSPS) is 15.9. The molecule has 0 aliphatic heterocycles. The summed E-state index contributed by atoms with van der Waals surface area (Å²) in [6.45, 7) is 8.33. The number of aliphatic hydroxyl groups is 1. The summed E-state index contributed by atoms with van der Waals surface area (Å²) in [5.74, 6) is 0. The summed E-state index contributed by atoms with van der Waals surface area (Å²) in [6.07, 6.45) is 3.70. The fourth-order valence-electron chi connectivity index (χ4n) is 2.51. The zero-order valence-electron chi connectivity index (χ0n) is 13.8. The van der Waals surface area contributed by atoms with Crippen molar-refractivity contribution < 1.29 is 5.11 Å². The number of benzene rings is 1. The molecule has 120 valence electrons. The van der Waals surface area contributed by atoms with Crippen molar-refractivity contribution in [1.82, 2.24) is 4.90 Å². The van der Waals surface area contributed by atoms with Crippen LogP contribution in [0.3, 0.4) is 0 Å². The fraction of sp³-hybridized carbons (Fsp3) is 0.667. The summed E-state index contributed by atoms with van der Waals surface area (Å²) in [4.78, 5) is 2.37. The third-order valence-electron chi connectivity index (χ3n) is 4.24. The number of rotatable bonds is 10. The molecule has 0 bridgehead atoms. The van der Waals surface area contributed by atoms with Crippen molar-refractivity contribution >= 4 is 0 Å². The van der Waals surface area contributed by atoms with Gasteiger partial charge in [-0.1, -0.05) is 50.6 Å². The van der Waals surface area contributed by atoms with Crippen molar-refractivity contribution in [3.05, 3.63) is 35.9 Å². The Morgan fingerprint density at radius 3 is 2.43 bits per heavy atom. The Kier molecular flexibility index (Phi) is 8.58. The minimum absolute atomic E-state index is 0.208.